The van der Waals surface area contributed by atoms with Crippen LogP contribution in [0.1, 0.15) is 49.6 Å². The van der Waals surface area contributed by atoms with Gasteiger partial charge in [-0.05, 0) is 42.9 Å². The lowest BCUT2D eigenvalue weighted by atomic mass is 9.86. The number of terminal acetylenes is 1. The Bertz CT molecular complexity index is 890. The lowest BCUT2D eigenvalue weighted by molar-refractivity contribution is 0.0717. The van der Waals surface area contributed by atoms with Gasteiger partial charge in [0, 0.05) is 11.9 Å². The highest BCUT2D eigenvalue weighted by Gasteiger charge is 2.33. The first kappa shape index (κ1) is 24.1. The molecule has 1 aromatic rings. The number of carbonyl (C=O) groups is 1. The molecule has 0 N–H and O–H groups in total. The molecule has 4 heteroatoms. The van der Waals surface area contributed by atoms with E-state index in [2.05, 4.69) is 24.1 Å². The minimum Gasteiger partial charge on any atom is -0.326 e. The standard InChI is InChI=1S/C23H24N2OS.C2H6/c1-6-11-13-18(9-4)22-19(12-7-2)17(8-3)14-15-25(22)23(26)20-16-27-21(10-5)24-20;1-2/h5-9,11-13,16,22H,3-4,14-15H2,1-2H3;1-2H3/b11-6-,12-7-,18-13+;. The summed E-state index contributed by atoms with van der Waals surface area (Å²) in [6, 6.07) is -0.250. The summed E-state index contributed by atoms with van der Waals surface area (Å²) in [6.07, 6.45) is 19.7. The summed E-state index contributed by atoms with van der Waals surface area (Å²) in [5, 5.41) is 2.23. The quantitative estimate of drug-likeness (QED) is 0.422. The fraction of sp³-hybridized carbons (Fsp3) is 0.280. The van der Waals surface area contributed by atoms with E-state index in [0.717, 1.165) is 23.1 Å². The van der Waals surface area contributed by atoms with Gasteiger partial charge in [-0.3, -0.25) is 4.79 Å². The second-order valence-electron chi connectivity index (χ2n) is 5.91. The molecule has 1 atom stereocenters. The van der Waals surface area contributed by atoms with Crippen molar-refractivity contribution in [2.24, 2.45) is 0 Å². The summed E-state index contributed by atoms with van der Waals surface area (Å²) in [5.41, 5.74) is 3.52. The summed E-state index contributed by atoms with van der Waals surface area (Å²) in [6.45, 7) is 16.4. The van der Waals surface area contributed by atoms with Gasteiger partial charge in [-0.2, -0.15) is 0 Å². The molecule has 0 aromatic carbocycles. The van der Waals surface area contributed by atoms with Gasteiger partial charge in [0.15, 0.2) is 5.01 Å². The summed E-state index contributed by atoms with van der Waals surface area (Å²) in [7, 11) is 0. The zero-order valence-corrected chi connectivity index (χ0v) is 18.6. The number of amides is 1. The number of hydrogen-bond acceptors (Lipinski definition) is 3. The second kappa shape index (κ2) is 12.5. The topological polar surface area (TPSA) is 33.2 Å². The van der Waals surface area contributed by atoms with E-state index in [1.807, 2.05) is 69.1 Å². The smallest absolute Gasteiger partial charge is 0.274 e. The van der Waals surface area contributed by atoms with Crippen LogP contribution in [0.15, 0.2) is 77.8 Å². The largest absolute Gasteiger partial charge is 0.326 e. The fourth-order valence-corrected chi connectivity index (χ4v) is 3.69. The van der Waals surface area contributed by atoms with Gasteiger partial charge in [0.25, 0.3) is 5.91 Å². The molecule has 0 bridgehead atoms. The molecule has 3 nitrogen and oxygen atoms in total. The molecule has 2 heterocycles. The maximum absolute atomic E-state index is 13.2. The van der Waals surface area contributed by atoms with Crippen molar-refractivity contribution < 1.29 is 4.79 Å². The third-order valence-electron chi connectivity index (χ3n) is 4.33. The minimum atomic E-state index is -0.250. The molecule has 1 amide bonds. The molecular formula is C25H30N2OS. The lowest BCUT2D eigenvalue weighted by Gasteiger charge is -2.38. The molecule has 0 saturated carbocycles. The Morgan fingerprint density at radius 2 is 2.07 bits per heavy atom. The highest BCUT2D eigenvalue weighted by Crippen LogP contribution is 2.32. The van der Waals surface area contributed by atoms with Gasteiger partial charge >= 0.3 is 0 Å². The number of carbonyl (C=O) groups excluding carboxylic acids is 1. The number of hydrogen-bond donors (Lipinski definition) is 0. The summed E-state index contributed by atoms with van der Waals surface area (Å²) >= 11 is 1.30. The van der Waals surface area contributed by atoms with Gasteiger partial charge in [0.1, 0.15) is 5.69 Å². The van der Waals surface area contributed by atoms with Crippen LogP contribution in [0.3, 0.4) is 0 Å². The van der Waals surface area contributed by atoms with Crippen LogP contribution < -0.4 is 0 Å². The number of aromatic nitrogens is 1. The van der Waals surface area contributed by atoms with Crippen LogP contribution in [0.4, 0.5) is 0 Å². The zero-order chi connectivity index (χ0) is 21.8. The molecule has 1 aliphatic heterocycles. The van der Waals surface area contributed by atoms with Crippen LogP contribution in [0.5, 0.6) is 0 Å². The summed E-state index contributed by atoms with van der Waals surface area (Å²) < 4.78 is 0. The molecule has 1 aromatic heterocycles. The van der Waals surface area contributed by atoms with Crippen LogP contribution in [-0.2, 0) is 0 Å². The van der Waals surface area contributed by atoms with Gasteiger partial charge in [0.2, 0.25) is 0 Å². The molecule has 0 saturated heterocycles. The predicted molar refractivity (Wildman–Crippen MR) is 126 cm³/mol. The van der Waals surface area contributed by atoms with Gasteiger partial charge in [-0.1, -0.05) is 69.5 Å². The van der Waals surface area contributed by atoms with Crippen LogP contribution in [0.2, 0.25) is 0 Å². The Morgan fingerprint density at radius 3 is 2.59 bits per heavy atom. The molecule has 0 radical (unpaired) electrons. The van der Waals surface area contributed by atoms with Crippen LogP contribution in [0.25, 0.3) is 0 Å². The van der Waals surface area contributed by atoms with Crippen molar-refractivity contribution in [3.05, 3.63) is 88.5 Å². The van der Waals surface area contributed by atoms with Crippen molar-refractivity contribution in [1.82, 2.24) is 9.88 Å². The van der Waals surface area contributed by atoms with E-state index in [0.29, 0.717) is 17.2 Å². The van der Waals surface area contributed by atoms with Gasteiger partial charge in [-0.15, -0.1) is 17.8 Å². The van der Waals surface area contributed by atoms with Crippen LogP contribution >= 0.6 is 11.3 Å². The maximum Gasteiger partial charge on any atom is 0.274 e. The first-order chi connectivity index (χ1) is 14.1. The zero-order valence-electron chi connectivity index (χ0n) is 17.8. The molecule has 1 aliphatic rings. The van der Waals surface area contributed by atoms with Crippen molar-refractivity contribution in [1.29, 1.82) is 0 Å². The molecule has 152 valence electrons. The SMILES string of the molecule is C#Cc1nc(C(=O)N2CCC(C=C)=C(/C=C\C)C2/C(C=C)=C/C=C\C)cs1.CC. The van der Waals surface area contributed by atoms with Gasteiger partial charge in [-0.25, -0.2) is 4.98 Å². The van der Waals surface area contributed by atoms with Crippen molar-refractivity contribution >= 4 is 17.2 Å². The Labute approximate surface area is 179 Å². The number of allylic oxidation sites excluding steroid dienone is 5. The average Bonchev–Trinajstić information content (AvgIpc) is 3.25. The molecule has 0 fully saturated rings. The summed E-state index contributed by atoms with van der Waals surface area (Å²) in [4.78, 5) is 19.3. The van der Waals surface area contributed by atoms with E-state index < -0.39 is 0 Å². The molecule has 1 unspecified atom stereocenters. The highest BCUT2D eigenvalue weighted by molar-refractivity contribution is 7.10. The normalized spacial score (nSPS) is 17.1. The van der Waals surface area contributed by atoms with E-state index in [1.54, 1.807) is 11.5 Å². The van der Waals surface area contributed by atoms with E-state index >= 15 is 0 Å². The Morgan fingerprint density at radius 1 is 1.34 bits per heavy atom. The van der Waals surface area contributed by atoms with E-state index in [4.69, 9.17) is 6.42 Å². The molecule has 29 heavy (non-hydrogen) atoms. The molecular weight excluding hydrogens is 376 g/mol. The first-order valence-electron chi connectivity index (χ1n) is 9.77. The van der Waals surface area contributed by atoms with Crippen molar-refractivity contribution in [2.75, 3.05) is 6.54 Å². The minimum absolute atomic E-state index is 0.129. The summed E-state index contributed by atoms with van der Waals surface area (Å²) in [5.74, 6) is 2.36. The van der Waals surface area contributed by atoms with Gasteiger partial charge < -0.3 is 4.90 Å². The van der Waals surface area contributed by atoms with Crippen molar-refractivity contribution in [2.45, 2.75) is 40.2 Å². The second-order valence-corrected chi connectivity index (χ2v) is 6.77. The third-order valence-corrected chi connectivity index (χ3v) is 5.11. The lowest BCUT2D eigenvalue weighted by Crippen LogP contribution is -2.45. The maximum atomic E-state index is 13.2. The first-order valence-corrected chi connectivity index (χ1v) is 10.7. The highest BCUT2D eigenvalue weighted by atomic mass is 32.1. The van der Waals surface area contributed by atoms with Crippen LogP contribution in [-0.4, -0.2) is 28.4 Å². The number of nitrogens with zero attached hydrogens (tertiary/aromatic N) is 2. The van der Waals surface area contributed by atoms with E-state index in [9.17, 15) is 4.79 Å². The van der Waals surface area contributed by atoms with Gasteiger partial charge in [0.05, 0.1) is 6.04 Å². The fourth-order valence-electron chi connectivity index (χ4n) is 3.10. The molecule has 0 spiro atoms. The Hall–Kier alpha value is -2.90. The predicted octanol–water partition coefficient (Wildman–Crippen LogP) is 6.11. The monoisotopic (exact) mass is 406 g/mol. The van der Waals surface area contributed by atoms with E-state index in [-0.39, 0.29) is 11.9 Å². The van der Waals surface area contributed by atoms with Crippen LogP contribution in [0, 0.1) is 12.3 Å². The van der Waals surface area contributed by atoms with Crippen molar-refractivity contribution in [3.63, 3.8) is 0 Å². The number of thiazole rings is 1. The third kappa shape index (κ3) is 5.79. The Kier molecular flexibility index (Phi) is 10.4. The molecule has 2 rings (SSSR count). The Balaban J connectivity index is 0.00000204. The van der Waals surface area contributed by atoms with E-state index in [1.165, 1.54) is 11.3 Å². The number of rotatable bonds is 6. The average molecular weight is 407 g/mol. The van der Waals surface area contributed by atoms with Crippen molar-refractivity contribution in [3.8, 4) is 12.3 Å². The molecule has 0 aliphatic carbocycles.